The van der Waals surface area contributed by atoms with Gasteiger partial charge in [-0.2, -0.15) is 0 Å². The van der Waals surface area contributed by atoms with Crippen LogP contribution < -0.4 is 10.1 Å². The molecule has 6 heteroatoms. The molecule has 0 bridgehead atoms. The van der Waals surface area contributed by atoms with Crippen LogP contribution in [0.1, 0.15) is 21.8 Å². The smallest absolute Gasteiger partial charge is 0.257 e. The average Bonchev–Trinajstić information content (AvgIpc) is 3.06. The number of aromatic nitrogens is 1. The minimum atomic E-state index is -0.204. The Hall–Kier alpha value is -2.73. The molecule has 0 saturated carbocycles. The van der Waals surface area contributed by atoms with Gasteiger partial charge in [0.15, 0.2) is 12.9 Å². The van der Waals surface area contributed by atoms with Gasteiger partial charge in [0.2, 0.25) is 0 Å². The van der Waals surface area contributed by atoms with Crippen molar-refractivity contribution < 1.29 is 14.3 Å². The van der Waals surface area contributed by atoms with Crippen LogP contribution in [-0.4, -0.2) is 30.3 Å². The first-order valence-corrected chi connectivity index (χ1v) is 8.86. The van der Waals surface area contributed by atoms with E-state index >= 15 is 0 Å². The number of carbonyl (C=O) groups excluding carboxylic acids is 2. The summed E-state index contributed by atoms with van der Waals surface area (Å²) in [5.74, 6) is 0.215. The molecule has 25 heavy (non-hydrogen) atoms. The largest absolute Gasteiger partial charge is 0.483 e. The van der Waals surface area contributed by atoms with Gasteiger partial charge in [0.1, 0.15) is 5.75 Å². The van der Waals surface area contributed by atoms with E-state index in [1.807, 2.05) is 18.2 Å². The second-order valence-corrected chi connectivity index (χ2v) is 6.59. The maximum absolute atomic E-state index is 11.8. The molecule has 128 valence electrons. The summed E-state index contributed by atoms with van der Waals surface area (Å²) in [5.41, 5.74) is 1.46. The van der Waals surface area contributed by atoms with Gasteiger partial charge in [0.05, 0.1) is 20.8 Å². The van der Waals surface area contributed by atoms with E-state index in [2.05, 4.69) is 16.4 Å². The number of aryl methyl sites for hydroxylation is 1. The molecular weight excluding hydrogens is 336 g/mol. The highest BCUT2D eigenvalue weighted by Crippen LogP contribution is 2.22. The van der Waals surface area contributed by atoms with Crippen molar-refractivity contribution in [3.63, 3.8) is 0 Å². The van der Waals surface area contributed by atoms with Crippen molar-refractivity contribution in [2.75, 3.05) is 13.2 Å². The Morgan fingerprint density at radius 1 is 1.16 bits per heavy atom. The van der Waals surface area contributed by atoms with Crippen LogP contribution in [0.25, 0.3) is 10.2 Å². The fourth-order valence-electron chi connectivity index (χ4n) is 2.40. The first-order valence-electron chi connectivity index (χ1n) is 8.04. The highest BCUT2D eigenvalue weighted by Gasteiger charge is 2.07. The quantitative estimate of drug-likeness (QED) is 0.498. The summed E-state index contributed by atoms with van der Waals surface area (Å²) in [7, 11) is 0. The van der Waals surface area contributed by atoms with E-state index in [-0.39, 0.29) is 12.5 Å². The minimum Gasteiger partial charge on any atom is -0.483 e. The third-order valence-electron chi connectivity index (χ3n) is 3.63. The van der Waals surface area contributed by atoms with Crippen molar-refractivity contribution in [2.45, 2.75) is 12.8 Å². The maximum Gasteiger partial charge on any atom is 0.257 e. The highest BCUT2D eigenvalue weighted by atomic mass is 32.1. The third kappa shape index (κ3) is 4.64. The molecule has 0 saturated heterocycles. The Kier molecular flexibility index (Phi) is 5.74. The predicted octanol–water partition coefficient (Wildman–Crippen LogP) is 3.24. The van der Waals surface area contributed by atoms with Gasteiger partial charge >= 0.3 is 0 Å². The summed E-state index contributed by atoms with van der Waals surface area (Å²) in [6, 6.07) is 14.9. The lowest BCUT2D eigenvalue weighted by molar-refractivity contribution is -0.123. The van der Waals surface area contributed by atoms with Crippen LogP contribution in [0.15, 0.2) is 48.5 Å². The number of carbonyl (C=O) groups is 2. The number of fused-ring (bicyclic) bond motifs is 1. The van der Waals surface area contributed by atoms with Gasteiger partial charge in [-0.15, -0.1) is 11.3 Å². The number of benzene rings is 2. The van der Waals surface area contributed by atoms with Crippen molar-refractivity contribution in [1.82, 2.24) is 10.3 Å². The van der Waals surface area contributed by atoms with Crippen LogP contribution in [0.3, 0.4) is 0 Å². The van der Waals surface area contributed by atoms with E-state index < -0.39 is 0 Å². The molecule has 0 radical (unpaired) electrons. The first kappa shape index (κ1) is 17.1. The van der Waals surface area contributed by atoms with E-state index in [9.17, 15) is 9.59 Å². The Morgan fingerprint density at radius 3 is 2.80 bits per heavy atom. The number of rotatable bonds is 8. The molecule has 0 atom stereocenters. The molecule has 0 unspecified atom stereocenters. The third-order valence-corrected chi connectivity index (χ3v) is 4.73. The molecule has 3 rings (SSSR count). The van der Waals surface area contributed by atoms with Gasteiger partial charge in [-0.25, -0.2) is 4.98 Å². The van der Waals surface area contributed by atoms with E-state index in [0.29, 0.717) is 24.1 Å². The topological polar surface area (TPSA) is 68.3 Å². The predicted molar refractivity (Wildman–Crippen MR) is 98.3 cm³/mol. The van der Waals surface area contributed by atoms with Crippen molar-refractivity contribution in [3.05, 3.63) is 59.1 Å². The molecule has 1 amide bonds. The van der Waals surface area contributed by atoms with Crippen LogP contribution in [0.4, 0.5) is 0 Å². The number of ether oxygens (including phenoxy) is 1. The zero-order chi connectivity index (χ0) is 17.5. The molecule has 1 N–H and O–H groups in total. The number of nitrogens with zero attached hydrogens (tertiary/aromatic N) is 1. The number of hydrogen-bond acceptors (Lipinski definition) is 5. The number of nitrogens with one attached hydrogen (secondary N) is 1. The molecule has 0 aliphatic carbocycles. The Labute approximate surface area is 149 Å². The monoisotopic (exact) mass is 354 g/mol. The van der Waals surface area contributed by atoms with Crippen molar-refractivity contribution in [2.24, 2.45) is 0 Å². The highest BCUT2D eigenvalue weighted by molar-refractivity contribution is 7.18. The van der Waals surface area contributed by atoms with Gasteiger partial charge < -0.3 is 10.1 Å². The van der Waals surface area contributed by atoms with Crippen LogP contribution in [-0.2, 0) is 11.2 Å². The SMILES string of the molecule is O=Cc1ccccc1OCC(=O)NCCCc1nc2ccccc2s1. The summed E-state index contributed by atoms with van der Waals surface area (Å²) in [6.07, 6.45) is 2.36. The van der Waals surface area contributed by atoms with Crippen LogP contribution in [0.2, 0.25) is 0 Å². The van der Waals surface area contributed by atoms with Crippen molar-refractivity contribution in [1.29, 1.82) is 0 Å². The number of aldehydes is 1. The van der Waals surface area contributed by atoms with Gasteiger partial charge in [-0.05, 0) is 30.7 Å². The van der Waals surface area contributed by atoms with E-state index in [1.165, 1.54) is 4.70 Å². The van der Waals surface area contributed by atoms with Crippen molar-refractivity contribution >= 4 is 33.7 Å². The lowest BCUT2D eigenvalue weighted by Gasteiger charge is -2.08. The Bertz CT molecular complexity index is 843. The molecule has 1 aromatic heterocycles. The Balaban J connectivity index is 1.40. The lowest BCUT2D eigenvalue weighted by atomic mass is 10.2. The molecule has 5 nitrogen and oxygen atoms in total. The number of amides is 1. The summed E-state index contributed by atoms with van der Waals surface area (Å²) in [6.45, 7) is 0.458. The summed E-state index contributed by atoms with van der Waals surface area (Å²) >= 11 is 1.69. The van der Waals surface area contributed by atoms with E-state index in [4.69, 9.17) is 4.74 Å². The molecule has 0 spiro atoms. The van der Waals surface area contributed by atoms with Crippen LogP contribution >= 0.6 is 11.3 Å². The number of hydrogen-bond donors (Lipinski definition) is 1. The van der Waals surface area contributed by atoms with Gasteiger partial charge in [-0.1, -0.05) is 24.3 Å². The number of para-hydroxylation sites is 2. The minimum absolute atomic E-state index is 0.105. The van der Waals surface area contributed by atoms with Crippen molar-refractivity contribution in [3.8, 4) is 5.75 Å². The molecule has 0 aliphatic heterocycles. The maximum atomic E-state index is 11.8. The average molecular weight is 354 g/mol. The standard InChI is InChI=1S/C19H18N2O3S/c22-12-14-6-1-3-8-16(14)24-13-18(23)20-11-5-10-19-21-15-7-2-4-9-17(15)25-19/h1-4,6-9,12H,5,10-11,13H2,(H,20,23). The fourth-order valence-corrected chi connectivity index (χ4v) is 3.41. The van der Waals surface area contributed by atoms with Crippen LogP contribution in [0.5, 0.6) is 5.75 Å². The second-order valence-electron chi connectivity index (χ2n) is 5.47. The Morgan fingerprint density at radius 2 is 1.96 bits per heavy atom. The summed E-state index contributed by atoms with van der Waals surface area (Å²) < 4.78 is 6.58. The van der Waals surface area contributed by atoms with Crippen LogP contribution in [0, 0.1) is 0 Å². The zero-order valence-electron chi connectivity index (χ0n) is 13.6. The van der Waals surface area contributed by atoms with E-state index in [0.717, 1.165) is 23.4 Å². The molecule has 0 fully saturated rings. The molecular formula is C19H18N2O3S. The van der Waals surface area contributed by atoms with Gasteiger partial charge in [0.25, 0.3) is 5.91 Å². The summed E-state index contributed by atoms with van der Waals surface area (Å²) in [4.78, 5) is 27.3. The molecule has 0 aliphatic rings. The number of thiazole rings is 1. The van der Waals surface area contributed by atoms with Gasteiger partial charge in [0, 0.05) is 13.0 Å². The molecule has 2 aromatic carbocycles. The fraction of sp³-hybridized carbons (Fsp3) is 0.211. The zero-order valence-corrected chi connectivity index (χ0v) is 14.4. The first-order chi connectivity index (χ1) is 12.3. The van der Waals surface area contributed by atoms with E-state index in [1.54, 1.807) is 35.6 Å². The molecule has 3 aromatic rings. The summed E-state index contributed by atoms with van der Waals surface area (Å²) in [5, 5.41) is 3.89. The molecule has 1 heterocycles. The lowest BCUT2D eigenvalue weighted by Crippen LogP contribution is -2.30. The second kappa shape index (κ2) is 8.39. The normalized spacial score (nSPS) is 10.6. The van der Waals surface area contributed by atoms with Gasteiger partial charge in [-0.3, -0.25) is 9.59 Å².